The average molecular weight is 386 g/mol. The molecule has 2 aromatic heterocycles. The molecule has 2 heterocycles. The number of nitrogens with two attached hydrogens (primary N) is 1. The largest absolute Gasteiger partial charge is 0.493 e. The SMILES string of the molecule is Nc1nc([N+](=O)[O-])nn1-c1nc([N+](=O)[O-])c([N+](=O)[O-])c([N+](=O)[O-])c1[N+](=O)[O-]. The van der Waals surface area contributed by atoms with Gasteiger partial charge in [-0.2, -0.15) is 0 Å². The Morgan fingerprint density at radius 1 is 0.704 bits per heavy atom. The topological polar surface area (TPSA) is 285 Å². The first-order valence-corrected chi connectivity index (χ1v) is 6.00. The highest BCUT2D eigenvalue weighted by Gasteiger charge is 2.51. The van der Waals surface area contributed by atoms with Gasteiger partial charge in [0.05, 0.1) is 14.8 Å². The Hall–Kier alpha value is -4.91. The van der Waals surface area contributed by atoms with E-state index in [0.717, 1.165) is 0 Å². The molecule has 0 radical (unpaired) electrons. The fourth-order valence-electron chi connectivity index (χ4n) is 1.86. The summed E-state index contributed by atoms with van der Waals surface area (Å²) in [6.45, 7) is 0. The molecule has 0 aliphatic rings. The predicted octanol–water partition coefficient (Wildman–Crippen LogP) is -0.214. The summed E-state index contributed by atoms with van der Waals surface area (Å²) < 4.78 is 0.0417. The van der Waals surface area contributed by atoms with Crippen LogP contribution in [0.15, 0.2) is 0 Å². The van der Waals surface area contributed by atoms with Gasteiger partial charge in [-0.15, -0.1) is 0 Å². The first kappa shape index (κ1) is 18.4. The Morgan fingerprint density at radius 3 is 1.59 bits per heavy atom. The van der Waals surface area contributed by atoms with Gasteiger partial charge in [-0.05, 0) is 19.8 Å². The lowest BCUT2D eigenvalue weighted by Gasteiger charge is -2.00. The average Bonchev–Trinajstić information content (AvgIpc) is 2.94. The number of hydrogen-bond donors (Lipinski definition) is 1. The molecular weight excluding hydrogens is 384 g/mol. The Bertz CT molecular complexity index is 1040. The zero-order valence-electron chi connectivity index (χ0n) is 12.2. The van der Waals surface area contributed by atoms with Crippen LogP contribution < -0.4 is 5.73 Å². The molecule has 27 heavy (non-hydrogen) atoms. The van der Waals surface area contributed by atoms with Gasteiger partial charge in [-0.1, -0.05) is 4.68 Å². The van der Waals surface area contributed by atoms with Crippen molar-refractivity contribution in [3.8, 4) is 5.82 Å². The lowest BCUT2D eigenvalue weighted by Crippen LogP contribution is -2.13. The molecule has 20 heteroatoms. The summed E-state index contributed by atoms with van der Waals surface area (Å²) in [6.07, 6.45) is 0. The van der Waals surface area contributed by atoms with Crippen molar-refractivity contribution >= 4 is 34.8 Å². The van der Waals surface area contributed by atoms with E-state index in [1.807, 2.05) is 0 Å². The summed E-state index contributed by atoms with van der Waals surface area (Å²) in [5.41, 5.74) is -0.182. The molecule has 0 aliphatic heterocycles. The minimum Gasteiger partial charge on any atom is -0.390 e. The van der Waals surface area contributed by atoms with Crippen LogP contribution in [0.2, 0.25) is 0 Å². The lowest BCUT2D eigenvalue weighted by atomic mass is 10.2. The van der Waals surface area contributed by atoms with E-state index in [4.69, 9.17) is 5.73 Å². The van der Waals surface area contributed by atoms with E-state index in [-0.39, 0.29) is 4.68 Å². The number of anilines is 1. The van der Waals surface area contributed by atoms with Crippen molar-refractivity contribution in [2.75, 3.05) is 5.73 Å². The minimum absolute atomic E-state index is 0.0417. The quantitative estimate of drug-likeness (QED) is 0.496. The summed E-state index contributed by atoms with van der Waals surface area (Å²) >= 11 is 0. The molecule has 0 saturated carbocycles. The van der Waals surface area contributed by atoms with E-state index in [1.165, 1.54) is 0 Å². The highest BCUT2D eigenvalue weighted by Crippen LogP contribution is 2.44. The fraction of sp³-hybridized carbons (Fsp3) is 0. The van der Waals surface area contributed by atoms with Gasteiger partial charge in [0.25, 0.3) is 0 Å². The highest BCUT2D eigenvalue weighted by atomic mass is 16.7. The van der Waals surface area contributed by atoms with E-state index in [0.29, 0.717) is 0 Å². The van der Waals surface area contributed by atoms with Gasteiger partial charge in [-0.3, -0.25) is 30.3 Å². The Morgan fingerprint density at radius 2 is 1.22 bits per heavy atom. The van der Waals surface area contributed by atoms with Crippen molar-refractivity contribution < 1.29 is 24.6 Å². The number of hydrogen-bond acceptors (Lipinski definition) is 14. The number of pyridine rings is 1. The molecule has 2 rings (SSSR count). The predicted molar refractivity (Wildman–Crippen MR) is 76.8 cm³/mol. The van der Waals surface area contributed by atoms with E-state index in [9.17, 15) is 50.6 Å². The molecular formula is C7H2N10O10. The molecule has 0 aromatic carbocycles. The third kappa shape index (κ3) is 2.94. The number of aromatic nitrogens is 4. The molecule has 0 saturated heterocycles. The van der Waals surface area contributed by atoms with Gasteiger partial charge in [0.15, 0.2) is 0 Å². The first-order chi connectivity index (χ1) is 12.5. The maximum Gasteiger partial charge on any atom is 0.493 e. The second-order valence-electron chi connectivity index (χ2n) is 4.27. The standard InChI is InChI=1S/C7H2N10O10/c8-6-10-7(17(26)27)11-12(6)4-2(14(20)21)1(13(18)19)3(15(22)23)5(9-4)16(24)25/h(H2,8,10,11). The zero-order valence-corrected chi connectivity index (χ0v) is 12.2. The summed E-state index contributed by atoms with van der Waals surface area (Å²) in [7, 11) is 0. The fourth-order valence-corrected chi connectivity index (χ4v) is 1.86. The molecule has 140 valence electrons. The summed E-state index contributed by atoms with van der Waals surface area (Å²) in [4.78, 5) is 53.8. The normalized spacial score (nSPS) is 10.4. The van der Waals surface area contributed by atoms with Gasteiger partial charge in [0.1, 0.15) is 0 Å². The smallest absolute Gasteiger partial charge is 0.390 e. The van der Waals surface area contributed by atoms with Crippen LogP contribution in [0.1, 0.15) is 0 Å². The summed E-state index contributed by atoms with van der Waals surface area (Å²) in [5.74, 6) is -5.26. The van der Waals surface area contributed by atoms with Crippen LogP contribution in [0.4, 0.5) is 34.8 Å². The van der Waals surface area contributed by atoms with Crippen molar-refractivity contribution in [3.63, 3.8) is 0 Å². The number of rotatable bonds is 6. The van der Waals surface area contributed by atoms with E-state index >= 15 is 0 Å². The molecule has 0 bridgehead atoms. The van der Waals surface area contributed by atoms with E-state index in [2.05, 4.69) is 15.1 Å². The zero-order chi connectivity index (χ0) is 20.6. The number of nitro groups is 5. The van der Waals surface area contributed by atoms with Crippen LogP contribution in [0.25, 0.3) is 5.82 Å². The minimum atomic E-state index is -1.89. The third-order valence-corrected chi connectivity index (χ3v) is 2.79. The summed E-state index contributed by atoms with van der Waals surface area (Å²) in [6, 6.07) is 0. The Kier molecular flexibility index (Phi) is 4.22. The van der Waals surface area contributed by atoms with Crippen LogP contribution in [-0.4, -0.2) is 44.4 Å². The van der Waals surface area contributed by atoms with Gasteiger partial charge in [0.2, 0.25) is 0 Å². The maximum atomic E-state index is 11.3. The van der Waals surface area contributed by atoms with Gasteiger partial charge in [0, 0.05) is 5.10 Å². The monoisotopic (exact) mass is 386 g/mol. The van der Waals surface area contributed by atoms with Crippen molar-refractivity contribution in [1.29, 1.82) is 0 Å². The van der Waals surface area contributed by atoms with Crippen molar-refractivity contribution in [2.24, 2.45) is 0 Å². The van der Waals surface area contributed by atoms with Crippen LogP contribution in [0, 0.1) is 50.6 Å². The highest BCUT2D eigenvalue weighted by molar-refractivity contribution is 5.77. The first-order valence-electron chi connectivity index (χ1n) is 6.00. The molecule has 0 unspecified atom stereocenters. The van der Waals surface area contributed by atoms with E-state index < -0.39 is 65.2 Å². The van der Waals surface area contributed by atoms with Crippen LogP contribution in [0.5, 0.6) is 0 Å². The molecule has 0 atom stereocenters. The lowest BCUT2D eigenvalue weighted by molar-refractivity contribution is -0.453. The molecule has 0 amide bonds. The Balaban J connectivity index is 3.08. The van der Waals surface area contributed by atoms with Crippen LogP contribution in [-0.2, 0) is 0 Å². The molecule has 2 N–H and O–H groups in total. The van der Waals surface area contributed by atoms with Gasteiger partial charge in [-0.25, -0.2) is 0 Å². The second kappa shape index (κ2) is 6.19. The number of nitrogens with zero attached hydrogens (tertiary/aromatic N) is 9. The molecule has 0 spiro atoms. The summed E-state index contributed by atoms with van der Waals surface area (Å²) in [5, 5.41) is 58.2. The molecule has 0 fully saturated rings. The van der Waals surface area contributed by atoms with Gasteiger partial charge >= 0.3 is 40.6 Å². The molecule has 2 aromatic rings. The van der Waals surface area contributed by atoms with E-state index in [1.54, 1.807) is 0 Å². The maximum absolute atomic E-state index is 11.3. The van der Waals surface area contributed by atoms with Gasteiger partial charge < -0.3 is 26.0 Å². The molecule has 0 aliphatic carbocycles. The van der Waals surface area contributed by atoms with Crippen LogP contribution in [0.3, 0.4) is 0 Å². The van der Waals surface area contributed by atoms with Crippen molar-refractivity contribution in [3.05, 3.63) is 50.6 Å². The van der Waals surface area contributed by atoms with Crippen molar-refractivity contribution in [1.82, 2.24) is 19.7 Å². The Labute approximate surface area is 142 Å². The van der Waals surface area contributed by atoms with Crippen LogP contribution >= 0.6 is 0 Å². The van der Waals surface area contributed by atoms with Crippen molar-refractivity contribution in [2.45, 2.75) is 0 Å². The second-order valence-corrected chi connectivity index (χ2v) is 4.27. The third-order valence-electron chi connectivity index (χ3n) is 2.79. The molecule has 20 nitrogen and oxygen atoms in total. The number of nitrogen functional groups attached to an aromatic ring is 1.